The van der Waals surface area contributed by atoms with Gasteiger partial charge in [0, 0.05) is 34.0 Å². The monoisotopic (exact) mass is 544 g/mol. The largest absolute Gasteiger partial charge is 0.310 e. The fourth-order valence-electron chi connectivity index (χ4n) is 5.81. The second-order valence-corrected chi connectivity index (χ2v) is 11.0. The van der Waals surface area contributed by atoms with E-state index in [4.69, 9.17) is 0 Å². The zero-order valence-electron chi connectivity index (χ0n) is 24.8. The van der Waals surface area contributed by atoms with Crippen LogP contribution in [0.5, 0.6) is 0 Å². The van der Waals surface area contributed by atoms with Gasteiger partial charge in [-0.2, -0.15) is 0 Å². The molecular formula is C40H36N2. The van der Waals surface area contributed by atoms with E-state index in [-0.39, 0.29) is 0 Å². The smallest absolute Gasteiger partial charge is 0.0561 e. The van der Waals surface area contributed by atoms with Gasteiger partial charge < -0.3 is 9.80 Å². The first-order chi connectivity index (χ1) is 20.5. The summed E-state index contributed by atoms with van der Waals surface area (Å²) in [4.78, 5) is 4.78. The zero-order chi connectivity index (χ0) is 29.1. The molecule has 0 saturated carbocycles. The minimum Gasteiger partial charge on any atom is -0.310 e. The lowest BCUT2D eigenvalue weighted by atomic mass is 9.99. The van der Waals surface area contributed by atoms with E-state index in [0.29, 0.717) is 0 Å². The van der Waals surface area contributed by atoms with E-state index in [1.165, 1.54) is 44.8 Å². The Morgan fingerprint density at radius 1 is 0.357 bits per heavy atom. The van der Waals surface area contributed by atoms with E-state index in [1.54, 1.807) is 0 Å². The number of hydrogen-bond acceptors (Lipinski definition) is 2. The number of aryl methyl sites for hydroxylation is 4. The van der Waals surface area contributed by atoms with Crippen LogP contribution in [0.4, 0.5) is 34.1 Å². The van der Waals surface area contributed by atoms with E-state index in [9.17, 15) is 0 Å². The molecule has 2 heteroatoms. The predicted molar refractivity (Wildman–Crippen MR) is 180 cm³/mol. The lowest BCUT2D eigenvalue weighted by molar-refractivity contribution is 1.21. The lowest BCUT2D eigenvalue weighted by Gasteiger charge is -2.32. The third-order valence-corrected chi connectivity index (χ3v) is 7.78. The second kappa shape index (κ2) is 11.8. The van der Waals surface area contributed by atoms with Crippen molar-refractivity contribution in [2.45, 2.75) is 27.7 Å². The van der Waals surface area contributed by atoms with Gasteiger partial charge in [-0.25, -0.2) is 0 Å². The van der Waals surface area contributed by atoms with Crippen LogP contribution in [0.15, 0.2) is 146 Å². The first kappa shape index (κ1) is 27.1. The Morgan fingerprint density at radius 2 is 0.833 bits per heavy atom. The topological polar surface area (TPSA) is 6.48 Å². The molecule has 0 aromatic heterocycles. The summed E-state index contributed by atoms with van der Waals surface area (Å²) in [5.74, 6) is 0. The molecule has 0 saturated heterocycles. The Kier molecular flexibility index (Phi) is 7.62. The molecule has 42 heavy (non-hydrogen) atoms. The Morgan fingerprint density at radius 3 is 1.36 bits per heavy atom. The molecular weight excluding hydrogens is 508 g/mol. The summed E-state index contributed by atoms with van der Waals surface area (Å²) in [7, 11) is 0. The van der Waals surface area contributed by atoms with Crippen LogP contribution in [-0.2, 0) is 0 Å². The number of benzene rings is 6. The van der Waals surface area contributed by atoms with Gasteiger partial charge >= 0.3 is 0 Å². The van der Waals surface area contributed by atoms with Gasteiger partial charge in [-0.15, -0.1) is 0 Å². The highest BCUT2D eigenvalue weighted by atomic mass is 15.2. The summed E-state index contributed by atoms with van der Waals surface area (Å²) in [6.07, 6.45) is 0. The van der Waals surface area contributed by atoms with Crippen LogP contribution in [0.1, 0.15) is 22.3 Å². The summed E-state index contributed by atoms with van der Waals surface area (Å²) in [6, 6.07) is 52.3. The highest BCUT2D eigenvalue weighted by Gasteiger charge is 2.22. The summed E-state index contributed by atoms with van der Waals surface area (Å²) < 4.78 is 0. The summed E-state index contributed by atoms with van der Waals surface area (Å²) >= 11 is 0. The average molecular weight is 545 g/mol. The maximum Gasteiger partial charge on any atom is 0.0561 e. The van der Waals surface area contributed by atoms with Crippen molar-refractivity contribution >= 4 is 34.1 Å². The van der Waals surface area contributed by atoms with Crippen molar-refractivity contribution in [1.29, 1.82) is 0 Å². The van der Waals surface area contributed by atoms with Crippen LogP contribution in [0.25, 0.3) is 11.1 Å². The van der Waals surface area contributed by atoms with E-state index >= 15 is 0 Å². The van der Waals surface area contributed by atoms with Gasteiger partial charge in [-0.3, -0.25) is 0 Å². The molecule has 0 aliphatic rings. The van der Waals surface area contributed by atoms with Gasteiger partial charge in [-0.1, -0.05) is 108 Å². The molecule has 0 fully saturated rings. The molecule has 6 aromatic carbocycles. The number of rotatable bonds is 7. The molecule has 0 aliphatic heterocycles. The minimum atomic E-state index is 1.11. The number of para-hydroxylation sites is 2. The second-order valence-electron chi connectivity index (χ2n) is 11.0. The quantitative estimate of drug-likeness (QED) is 0.197. The molecule has 0 bridgehead atoms. The van der Waals surface area contributed by atoms with Gasteiger partial charge in [0.15, 0.2) is 0 Å². The van der Waals surface area contributed by atoms with Crippen molar-refractivity contribution in [1.82, 2.24) is 0 Å². The summed E-state index contributed by atoms with van der Waals surface area (Å²) in [5.41, 5.74) is 14.2. The molecule has 6 rings (SSSR count). The first-order valence-electron chi connectivity index (χ1n) is 14.5. The highest BCUT2D eigenvalue weighted by Crippen LogP contribution is 2.46. The van der Waals surface area contributed by atoms with Gasteiger partial charge in [0.1, 0.15) is 0 Å². The minimum absolute atomic E-state index is 1.11. The molecule has 0 amide bonds. The maximum atomic E-state index is 2.41. The van der Waals surface area contributed by atoms with Crippen molar-refractivity contribution in [3.05, 3.63) is 168 Å². The molecule has 0 N–H and O–H groups in total. The van der Waals surface area contributed by atoms with Crippen molar-refractivity contribution in [3.63, 3.8) is 0 Å². The van der Waals surface area contributed by atoms with Gasteiger partial charge in [-0.05, 0) is 92.9 Å². The Bertz CT molecular complexity index is 1810. The van der Waals surface area contributed by atoms with Crippen molar-refractivity contribution in [2.24, 2.45) is 0 Å². The molecule has 0 atom stereocenters. The molecule has 6 aromatic rings. The molecule has 2 nitrogen and oxygen atoms in total. The third kappa shape index (κ3) is 5.44. The number of hydrogen-bond donors (Lipinski definition) is 0. The molecule has 0 heterocycles. The summed E-state index contributed by atoms with van der Waals surface area (Å²) in [5, 5.41) is 0. The van der Waals surface area contributed by atoms with E-state index in [0.717, 1.165) is 22.7 Å². The maximum absolute atomic E-state index is 2.41. The van der Waals surface area contributed by atoms with Crippen molar-refractivity contribution in [3.8, 4) is 11.1 Å². The lowest BCUT2D eigenvalue weighted by Crippen LogP contribution is -2.15. The van der Waals surface area contributed by atoms with E-state index in [2.05, 4.69) is 183 Å². The average Bonchev–Trinajstić information content (AvgIpc) is 3.01. The SMILES string of the molecule is Cc1ccc(N(c2ccccc2)c2ccc(-c3ccccc3)c(N(c3ccccc3)c3ccc(C)cc3C)c2)c(C)c1. The molecule has 206 valence electrons. The normalized spacial score (nSPS) is 10.9. The summed E-state index contributed by atoms with van der Waals surface area (Å²) in [6.45, 7) is 8.71. The first-order valence-corrected chi connectivity index (χ1v) is 14.5. The number of nitrogens with zero attached hydrogens (tertiary/aromatic N) is 2. The fourth-order valence-corrected chi connectivity index (χ4v) is 5.81. The van der Waals surface area contributed by atoms with Crippen LogP contribution in [0.3, 0.4) is 0 Å². The standard InChI is InChI=1S/C40H36N2/c1-29-20-24-38(31(3)26-29)41(34-16-10-6-11-17-34)36-22-23-37(33-14-8-5-9-15-33)40(28-36)42(35-18-12-7-13-19-35)39-25-21-30(2)27-32(39)4/h5-28H,1-4H3. The number of anilines is 6. The van der Waals surface area contributed by atoms with Crippen molar-refractivity contribution < 1.29 is 0 Å². The zero-order valence-corrected chi connectivity index (χ0v) is 24.8. The van der Waals surface area contributed by atoms with E-state index in [1.807, 2.05) is 0 Å². The van der Waals surface area contributed by atoms with Gasteiger partial charge in [0.25, 0.3) is 0 Å². The molecule has 0 spiro atoms. The third-order valence-electron chi connectivity index (χ3n) is 7.78. The highest BCUT2D eigenvalue weighted by molar-refractivity contribution is 5.92. The fraction of sp³-hybridized carbons (Fsp3) is 0.100. The van der Waals surface area contributed by atoms with Crippen LogP contribution in [0.2, 0.25) is 0 Å². The predicted octanol–water partition coefficient (Wildman–Crippen LogP) is 11.5. The van der Waals surface area contributed by atoms with Crippen molar-refractivity contribution in [2.75, 3.05) is 9.80 Å². The van der Waals surface area contributed by atoms with Crippen LogP contribution >= 0.6 is 0 Å². The molecule has 0 aliphatic carbocycles. The Hall–Kier alpha value is -5.08. The Labute approximate surface area is 250 Å². The van der Waals surface area contributed by atoms with Crippen LogP contribution < -0.4 is 9.80 Å². The van der Waals surface area contributed by atoms with Gasteiger partial charge in [0.05, 0.1) is 5.69 Å². The van der Waals surface area contributed by atoms with Gasteiger partial charge in [0.2, 0.25) is 0 Å². The Balaban J connectivity index is 1.65. The van der Waals surface area contributed by atoms with Crippen LogP contribution in [0, 0.1) is 27.7 Å². The molecule has 0 radical (unpaired) electrons. The molecule has 0 unspecified atom stereocenters. The van der Waals surface area contributed by atoms with Crippen LogP contribution in [-0.4, -0.2) is 0 Å². The van der Waals surface area contributed by atoms with E-state index < -0.39 is 0 Å².